The molecule has 72 valence electrons. The van der Waals surface area contributed by atoms with Crippen LogP contribution in [0.25, 0.3) is 0 Å². The molecule has 0 fully saturated rings. The number of aliphatic hydroxyl groups is 1. The van der Waals surface area contributed by atoms with Crippen LogP contribution in [0.2, 0.25) is 0 Å². The van der Waals surface area contributed by atoms with Gasteiger partial charge in [-0.1, -0.05) is 0 Å². The average molecular weight is 215 g/mol. The van der Waals surface area contributed by atoms with Gasteiger partial charge in [-0.3, -0.25) is 0 Å². The summed E-state index contributed by atoms with van der Waals surface area (Å²) in [6.45, 7) is 1.90. The Bertz CT molecular complexity index is 206. The second-order valence-corrected chi connectivity index (χ2v) is 1.96. The highest BCUT2D eigenvalue weighted by Gasteiger charge is 2.06. The third-order valence-electron chi connectivity index (χ3n) is 1.22. The lowest BCUT2D eigenvalue weighted by atomic mass is 10.3. The summed E-state index contributed by atoms with van der Waals surface area (Å²) in [7, 11) is 0. The molecule has 0 amide bonds. The molecule has 0 saturated heterocycles. The van der Waals surface area contributed by atoms with Gasteiger partial charge >= 0.3 is 0 Å². The maximum atomic E-state index is 8.68. The van der Waals surface area contributed by atoms with E-state index in [1.807, 2.05) is 0 Å². The summed E-state index contributed by atoms with van der Waals surface area (Å²) in [4.78, 5) is 3.90. The molecule has 4 nitrogen and oxygen atoms in total. The number of aliphatic hydroxyl groups excluding tert-OH is 1. The van der Waals surface area contributed by atoms with E-state index in [1.54, 1.807) is 6.92 Å². The van der Waals surface area contributed by atoms with Crippen molar-refractivity contribution in [1.29, 1.82) is 0 Å². The SMILES string of the molecule is Cc1nc(CO)c(CN)o1.Cl.Cl. The van der Waals surface area contributed by atoms with Crippen molar-refractivity contribution in [1.82, 2.24) is 4.98 Å². The Kier molecular flexibility index (Phi) is 7.42. The number of oxazole rings is 1. The molecule has 1 aromatic heterocycles. The highest BCUT2D eigenvalue weighted by Crippen LogP contribution is 2.08. The van der Waals surface area contributed by atoms with Crippen molar-refractivity contribution in [3.8, 4) is 0 Å². The number of nitrogens with two attached hydrogens (primary N) is 1. The average Bonchev–Trinajstić information content (AvgIpc) is 2.30. The van der Waals surface area contributed by atoms with Crippen molar-refractivity contribution < 1.29 is 9.52 Å². The van der Waals surface area contributed by atoms with Gasteiger partial charge in [0.05, 0.1) is 13.2 Å². The lowest BCUT2D eigenvalue weighted by Crippen LogP contribution is -1.98. The minimum atomic E-state index is -0.107. The number of aromatic nitrogens is 1. The van der Waals surface area contributed by atoms with Gasteiger partial charge in [0, 0.05) is 6.92 Å². The minimum absolute atomic E-state index is 0. The second-order valence-electron chi connectivity index (χ2n) is 1.96. The molecule has 6 heteroatoms. The number of halogens is 2. The van der Waals surface area contributed by atoms with Gasteiger partial charge < -0.3 is 15.3 Å². The van der Waals surface area contributed by atoms with Gasteiger partial charge in [0.15, 0.2) is 5.89 Å². The molecule has 12 heavy (non-hydrogen) atoms. The largest absolute Gasteiger partial charge is 0.444 e. The van der Waals surface area contributed by atoms with Crippen LogP contribution in [0, 0.1) is 6.92 Å². The van der Waals surface area contributed by atoms with Gasteiger partial charge in [0.2, 0.25) is 0 Å². The molecule has 0 unspecified atom stereocenters. The first-order chi connectivity index (χ1) is 4.77. The van der Waals surface area contributed by atoms with Crippen molar-refractivity contribution in [2.45, 2.75) is 20.1 Å². The molecule has 0 aliphatic rings. The number of rotatable bonds is 2. The monoisotopic (exact) mass is 214 g/mol. The molecule has 1 aromatic rings. The van der Waals surface area contributed by atoms with Gasteiger partial charge in [-0.05, 0) is 0 Å². The van der Waals surface area contributed by atoms with E-state index in [0.717, 1.165) is 0 Å². The zero-order valence-corrected chi connectivity index (χ0v) is 8.24. The van der Waals surface area contributed by atoms with E-state index in [9.17, 15) is 0 Å². The molecular weight excluding hydrogens is 203 g/mol. The van der Waals surface area contributed by atoms with Crippen LogP contribution in [0.3, 0.4) is 0 Å². The number of nitrogens with zero attached hydrogens (tertiary/aromatic N) is 1. The molecule has 1 rings (SSSR count). The Morgan fingerprint density at radius 3 is 2.42 bits per heavy atom. The number of aryl methyl sites for hydroxylation is 1. The molecule has 0 atom stereocenters. The molecule has 3 N–H and O–H groups in total. The fraction of sp³-hybridized carbons (Fsp3) is 0.500. The van der Waals surface area contributed by atoms with Gasteiger partial charge in [0.1, 0.15) is 11.5 Å². The Balaban J connectivity index is 0. The first-order valence-corrected chi connectivity index (χ1v) is 3.04. The Morgan fingerprint density at radius 2 is 2.08 bits per heavy atom. The van der Waals surface area contributed by atoms with Crippen LogP contribution in [-0.4, -0.2) is 10.1 Å². The quantitative estimate of drug-likeness (QED) is 0.764. The normalized spacial score (nSPS) is 8.58. The van der Waals surface area contributed by atoms with Crippen LogP contribution >= 0.6 is 24.8 Å². The third-order valence-corrected chi connectivity index (χ3v) is 1.22. The lowest BCUT2D eigenvalue weighted by Gasteiger charge is -1.89. The minimum Gasteiger partial charge on any atom is -0.444 e. The van der Waals surface area contributed by atoms with Gasteiger partial charge in [-0.15, -0.1) is 24.8 Å². The first-order valence-electron chi connectivity index (χ1n) is 3.04. The summed E-state index contributed by atoms with van der Waals surface area (Å²) in [6, 6.07) is 0. The van der Waals surface area contributed by atoms with Crippen LogP contribution < -0.4 is 5.73 Å². The summed E-state index contributed by atoms with van der Waals surface area (Å²) in [6.07, 6.45) is 0. The molecule has 0 aliphatic heterocycles. The fourth-order valence-corrected chi connectivity index (χ4v) is 0.795. The van der Waals surface area contributed by atoms with Crippen molar-refractivity contribution in [2.75, 3.05) is 0 Å². The predicted molar refractivity (Wildman–Crippen MR) is 49.6 cm³/mol. The summed E-state index contributed by atoms with van der Waals surface area (Å²) >= 11 is 0. The highest BCUT2D eigenvalue weighted by molar-refractivity contribution is 5.85. The lowest BCUT2D eigenvalue weighted by molar-refractivity contribution is 0.274. The van der Waals surface area contributed by atoms with Gasteiger partial charge in [-0.2, -0.15) is 0 Å². The van der Waals surface area contributed by atoms with E-state index in [4.69, 9.17) is 15.3 Å². The third kappa shape index (κ3) is 2.98. The standard InChI is InChI=1S/C6H10N2O2.2ClH/c1-4-8-5(3-9)6(2-7)10-4;;/h9H,2-3,7H2,1H3;2*1H. The van der Waals surface area contributed by atoms with Gasteiger partial charge in [0.25, 0.3) is 0 Å². The number of hydrogen-bond acceptors (Lipinski definition) is 4. The van der Waals surface area contributed by atoms with Crippen LogP contribution in [-0.2, 0) is 13.2 Å². The van der Waals surface area contributed by atoms with Crippen LogP contribution in [0.4, 0.5) is 0 Å². The Hall–Kier alpha value is -0.290. The Labute approximate surface area is 83.0 Å². The fourth-order valence-electron chi connectivity index (χ4n) is 0.795. The zero-order chi connectivity index (χ0) is 7.56. The molecule has 0 radical (unpaired) electrons. The van der Waals surface area contributed by atoms with E-state index < -0.39 is 0 Å². The second kappa shape index (κ2) is 6.25. The zero-order valence-electron chi connectivity index (χ0n) is 6.61. The van der Waals surface area contributed by atoms with E-state index in [2.05, 4.69) is 4.98 Å². The summed E-state index contributed by atoms with van der Waals surface area (Å²) in [5.74, 6) is 1.12. The maximum Gasteiger partial charge on any atom is 0.191 e. The molecule has 0 saturated carbocycles. The highest BCUT2D eigenvalue weighted by atomic mass is 35.5. The van der Waals surface area contributed by atoms with Gasteiger partial charge in [-0.25, -0.2) is 4.98 Å². The molecular formula is C6H12Cl2N2O2. The smallest absolute Gasteiger partial charge is 0.191 e. The molecule has 0 aromatic carbocycles. The predicted octanol–water partition coefficient (Wildman–Crippen LogP) is 0.778. The van der Waals surface area contributed by atoms with Crippen LogP contribution in [0.5, 0.6) is 0 Å². The van der Waals surface area contributed by atoms with E-state index in [0.29, 0.717) is 17.3 Å². The van der Waals surface area contributed by atoms with Crippen molar-refractivity contribution in [3.05, 3.63) is 17.3 Å². The Morgan fingerprint density at radius 1 is 1.50 bits per heavy atom. The van der Waals surface area contributed by atoms with E-state index >= 15 is 0 Å². The van der Waals surface area contributed by atoms with Crippen LogP contribution in [0.1, 0.15) is 17.3 Å². The van der Waals surface area contributed by atoms with E-state index in [-0.39, 0.29) is 38.0 Å². The molecule has 1 heterocycles. The van der Waals surface area contributed by atoms with Crippen molar-refractivity contribution in [3.63, 3.8) is 0 Å². The topological polar surface area (TPSA) is 72.3 Å². The summed E-state index contributed by atoms with van der Waals surface area (Å²) in [5.41, 5.74) is 5.84. The van der Waals surface area contributed by atoms with E-state index in [1.165, 1.54) is 0 Å². The van der Waals surface area contributed by atoms with Crippen LogP contribution in [0.15, 0.2) is 4.42 Å². The number of hydrogen-bond donors (Lipinski definition) is 2. The molecule has 0 aliphatic carbocycles. The molecule has 0 spiro atoms. The maximum absolute atomic E-state index is 8.68. The van der Waals surface area contributed by atoms with Crippen molar-refractivity contribution in [2.24, 2.45) is 5.73 Å². The molecule has 0 bridgehead atoms. The first kappa shape index (κ1) is 14.2. The summed E-state index contributed by atoms with van der Waals surface area (Å²) < 4.78 is 5.06. The van der Waals surface area contributed by atoms with Crippen molar-refractivity contribution >= 4 is 24.8 Å². The summed E-state index contributed by atoms with van der Waals surface area (Å²) in [5, 5.41) is 8.68.